The van der Waals surface area contributed by atoms with Crippen LogP contribution >= 0.6 is 0 Å². The van der Waals surface area contributed by atoms with E-state index in [2.05, 4.69) is 17.0 Å². The topological polar surface area (TPSA) is 82.2 Å². The number of hydrogen-bond donors (Lipinski definition) is 2. The van der Waals surface area contributed by atoms with E-state index in [1.165, 1.54) is 12.8 Å². The normalized spacial score (nSPS) is 38.5. The van der Waals surface area contributed by atoms with E-state index < -0.39 is 5.41 Å². The predicted molar refractivity (Wildman–Crippen MR) is 75.4 cm³/mol. The van der Waals surface area contributed by atoms with Crippen molar-refractivity contribution in [1.29, 1.82) is 0 Å². The molecule has 1 aliphatic carbocycles. The van der Waals surface area contributed by atoms with Gasteiger partial charge >= 0.3 is 0 Å². The lowest BCUT2D eigenvalue weighted by Crippen LogP contribution is -2.61. The second-order valence-corrected chi connectivity index (χ2v) is 6.66. The van der Waals surface area contributed by atoms with Crippen molar-refractivity contribution < 1.29 is 10.0 Å². The number of amidine groups is 1. The molecule has 3 rings (SSSR count). The highest BCUT2D eigenvalue weighted by Crippen LogP contribution is 2.47. The van der Waals surface area contributed by atoms with Crippen molar-refractivity contribution in [3.8, 4) is 0 Å². The number of oxime groups is 1. The number of amides is 1. The van der Waals surface area contributed by atoms with Crippen LogP contribution in [0.2, 0.25) is 0 Å². The number of carbonyl (C=O) groups excluding carboxylic acids is 1. The molecule has 112 valence electrons. The second kappa shape index (κ2) is 4.91. The molecule has 1 amide bonds. The van der Waals surface area contributed by atoms with Crippen molar-refractivity contribution in [2.24, 2.45) is 22.2 Å². The minimum absolute atomic E-state index is 0.0671. The summed E-state index contributed by atoms with van der Waals surface area (Å²) < 4.78 is 0. The largest absolute Gasteiger partial charge is 0.409 e. The van der Waals surface area contributed by atoms with E-state index in [0.29, 0.717) is 24.8 Å². The second-order valence-electron chi connectivity index (χ2n) is 6.66. The third-order valence-electron chi connectivity index (χ3n) is 5.28. The van der Waals surface area contributed by atoms with Gasteiger partial charge in [-0.15, -0.1) is 0 Å². The lowest BCUT2D eigenvalue weighted by molar-refractivity contribution is -0.147. The van der Waals surface area contributed by atoms with Gasteiger partial charge in [0.15, 0.2) is 5.84 Å². The maximum atomic E-state index is 12.9. The molecule has 6 nitrogen and oxygen atoms in total. The molecule has 1 unspecified atom stereocenters. The molecule has 2 aliphatic heterocycles. The Bertz CT molecular complexity index is 431. The number of rotatable bonds is 2. The molecule has 0 aromatic heterocycles. The standard InChI is InChI=1S/C14H24N4O2/c1-10-7-14(8-10,12(15)16-20)13(19)18-6-5-17-4-2-3-11(17)9-18/h10-11,20H,2-9H2,1H3,(H2,15,16). The number of fused-ring (bicyclic) bond motifs is 1. The molecule has 0 aromatic rings. The molecule has 20 heavy (non-hydrogen) atoms. The zero-order valence-electron chi connectivity index (χ0n) is 12.1. The molecule has 0 aromatic carbocycles. The first kappa shape index (κ1) is 13.7. The molecule has 2 heterocycles. The molecule has 3 N–H and O–H groups in total. The summed E-state index contributed by atoms with van der Waals surface area (Å²) in [5.74, 6) is 0.624. The zero-order chi connectivity index (χ0) is 14.3. The molecular formula is C14H24N4O2. The van der Waals surface area contributed by atoms with Crippen LogP contribution < -0.4 is 5.73 Å². The van der Waals surface area contributed by atoms with E-state index in [4.69, 9.17) is 10.9 Å². The lowest BCUT2D eigenvalue weighted by Gasteiger charge is -2.48. The third-order valence-corrected chi connectivity index (χ3v) is 5.28. The molecule has 3 fully saturated rings. The third kappa shape index (κ3) is 1.97. The number of nitrogens with two attached hydrogens (primary N) is 1. The van der Waals surface area contributed by atoms with Crippen LogP contribution in [0.25, 0.3) is 0 Å². The van der Waals surface area contributed by atoms with Crippen LogP contribution in [0, 0.1) is 11.3 Å². The van der Waals surface area contributed by atoms with Gasteiger partial charge in [0, 0.05) is 25.7 Å². The molecular weight excluding hydrogens is 256 g/mol. The van der Waals surface area contributed by atoms with Crippen molar-refractivity contribution in [2.45, 2.75) is 38.6 Å². The Morgan fingerprint density at radius 1 is 1.35 bits per heavy atom. The van der Waals surface area contributed by atoms with Gasteiger partial charge in [-0.2, -0.15) is 0 Å². The number of nitrogens with zero attached hydrogens (tertiary/aromatic N) is 3. The van der Waals surface area contributed by atoms with E-state index in [0.717, 1.165) is 26.2 Å². The van der Waals surface area contributed by atoms with E-state index in [-0.39, 0.29) is 11.7 Å². The van der Waals surface area contributed by atoms with Crippen molar-refractivity contribution in [2.75, 3.05) is 26.2 Å². The molecule has 0 bridgehead atoms. The molecule has 6 heteroatoms. The maximum Gasteiger partial charge on any atom is 0.236 e. The van der Waals surface area contributed by atoms with Crippen molar-refractivity contribution >= 4 is 11.7 Å². The number of piperazine rings is 1. The minimum atomic E-state index is -0.741. The van der Waals surface area contributed by atoms with Crippen LogP contribution in [0.5, 0.6) is 0 Å². The summed E-state index contributed by atoms with van der Waals surface area (Å²) in [6.07, 6.45) is 3.81. The average molecular weight is 280 g/mol. The lowest BCUT2D eigenvalue weighted by atomic mass is 9.61. The Hall–Kier alpha value is -1.30. The van der Waals surface area contributed by atoms with Crippen LogP contribution in [0.1, 0.15) is 32.6 Å². The van der Waals surface area contributed by atoms with Gasteiger partial charge in [-0.1, -0.05) is 12.1 Å². The van der Waals surface area contributed by atoms with Crippen LogP contribution in [0.4, 0.5) is 0 Å². The van der Waals surface area contributed by atoms with Crippen molar-refractivity contribution in [3.05, 3.63) is 0 Å². The first-order chi connectivity index (χ1) is 9.56. The van der Waals surface area contributed by atoms with Gasteiger partial charge in [-0.05, 0) is 38.1 Å². The quantitative estimate of drug-likeness (QED) is 0.333. The first-order valence-corrected chi connectivity index (χ1v) is 7.58. The monoisotopic (exact) mass is 280 g/mol. The van der Waals surface area contributed by atoms with E-state index >= 15 is 0 Å². The number of hydrogen-bond acceptors (Lipinski definition) is 4. The van der Waals surface area contributed by atoms with Gasteiger partial charge < -0.3 is 15.8 Å². The fraction of sp³-hybridized carbons (Fsp3) is 0.857. The van der Waals surface area contributed by atoms with E-state index in [1.807, 2.05) is 4.90 Å². The van der Waals surface area contributed by atoms with Gasteiger partial charge in [-0.25, -0.2) is 0 Å². The summed E-state index contributed by atoms with van der Waals surface area (Å²) >= 11 is 0. The molecule has 2 saturated heterocycles. The highest BCUT2D eigenvalue weighted by Gasteiger charge is 2.54. The summed E-state index contributed by atoms with van der Waals surface area (Å²) in [5.41, 5.74) is 5.09. The Balaban J connectivity index is 1.74. The van der Waals surface area contributed by atoms with E-state index in [1.54, 1.807) is 0 Å². The van der Waals surface area contributed by atoms with Gasteiger partial charge in [-0.3, -0.25) is 9.69 Å². The molecule has 3 aliphatic rings. The summed E-state index contributed by atoms with van der Waals surface area (Å²) in [7, 11) is 0. The SMILES string of the molecule is CC1CC(C(=O)N2CCN3CCCC3C2)(C(N)=NO)C1. The van der Waals surface area contributed by atoms with Crippen molar-refractivity contribution in [1.82, 2.24) is 9.80 Å². The van der Waals surface area contributed by atoms with Crippen molar-refractivity contribution in [3.63, 3.8) is 0 Å². The minimum Gasteiger partial charge on any atom is -0.409 e. The van der Waals surface area contributed by atoms with Crippen LogP contribution in [0.15, 0.2) is 5.16 Å². The molecule has 1 atom stereocenters. The van der Waals surface area contributed by atoms with Gasteiger partial charge in [0.25, 0.3) is 0 Å². The molecule has 0 spiro atoms. The zero-order valence-corrected chi connectivity index (χ0v) is 12.1. The maximum absolute atomic E-state index is 12.9. The van der Waals surface area contributed by atoms with Crippen LogP contribution in [-0.2, 0) is 4.79 Å². The van der Waals surface area contributed by atoms with Gasteiger partial charge in [0.2, 0.25) is 5.91 Å². The smallest absolute Gasteiger partial charge is 0.236 e. The number of carbonyl (C=O) groups is 1. The summed E-state index contributed by atoms with van der Waals surface area (Å²) in [6.45, 7) is 5.79. The molecule has 1 saturated carbocycles. The van der Waals surface area contributed by atoms with Crippen LogP contribution in [-0.4, -0.2) is 59.0 Å². The summed E-state index contributed by atoms with van der Waals surface area (Å²) in [4.78, 5) is 17.3. The highest BCUT2D eigenvalue weighted by molar-refractivity contribution is 6.07. The summed E-state index contributed by atoms with van der Waals surface area (Å²) in [5, 5.41) is 12.1. The Kier molecular flexibility index (Phi) is 3.36. The summed E-state index contributed by atoms with van der Waals surface area (Å²) in [6, 6.07) is 0.509. The van der Waals surface area contributed by atoms with Gasteiger partial charge in [0.05, 0.1) is 0 Å². The predicted octanol–water partition coefficient (Wildman–Crippen LogP) is 0.456. The fourth-order valence-corrected chi connectivity index (χ4v) is 4.20. The van der Waals surface area contributed by atoms with Crippen LogP contribution in [0.3, 0.4) is 0 Å². The van der Waals surface area contributed by atoms with Gasteiger partial charge in [0.1, 0.15) is 5.41 Å². The highest BCUT2D eigenvalue weighted by atomic mass is 16.4. The fourth-order valence-electron chi connectivity index (χ4n) is 4.20. The molecule has 0 radical (unpaired) electrons. The Morgan fingerprint density at radius 2 is 2.10 bits per heavy atom. The van der Waals surface area contributed by atoms with E-state index in [9.17, 15) is 4.79 Å². The Labute approximate surface area is 119 Å². The first-order valence-electron chi connectivity index (χ1n) is 7.58. The average Bonchev–Trinajstić information content (AvgIpc) is 2.89. The Morgan fingerprint density at radius 3 is 2.75 bits per heavy atom.